The number of benzene rings is 1. The van der Waals surface area contributed by atoms with Crippen LogP contribution in [0.2, 0.25) is 5.02 Å². The molecule has 1 atom stereocenters. The minimum Gasteiger partial charge on any atom is -0.463 e. The van der Waals surface area contributed by atoms with Crippen molar-refractivity contribution in [1.82, 2.24) is 15.3 Å². The standard InChI is InChI=1S/C27H26ClF2N5O4S2/c1-3-38-26(36)18-21(14-7-10-35(11-8-14)17-13-32-25(41-17)27(37)39-4-2)33-23(24-31-9-12-40-24)34-22(18)15-5-6-16(29)20(30)19(15)28/h5-6,9,12-14,22H,3-4,7-8,10-11H2,1-2H3,(H,33,34). The quantitative estimate of drug-likeness (QED) is 0.258. The molecule has 1 fully saturated rings. The van der Waals surface area contributed by atoms with Gasteiger partial charge in [0.15, 0.2) is 22.5 Å². The number of carbonyl (C=O) groups is 2. The van der Waals surface area contributed by atoms with Crippen LogP contribution in [0.1, 0.15) is 53.1 Å². The first-order valence-corrected chi connectivity index (χ1v) is 15.1. The summed E-state index contributed by atoms with van der Waals surface area (Å²) in [5, 5.41) is 6.38. The van der Waals surface area contributed by atoms with Crippen molar-refractivity contribution in [2.75, 3.05) is 31.2 Å². The van der Waals surface area contributed by atoms with Gasteiger partial charge < -0.3 is 19.7 Å². The summed E-state index contributed by atoms with van der Waals surface area (Å²) in [6.45, 7) is 5.06. The molecule has 1 aromatic carbocycles. The van der Waals surface area contributed by atoms with Gasteiger partial charge in [0.1, 0.15) is 11.0 Å². The predicted molar refractivity (Wildman–Crippen MR) is 153 cm³/mol. The highest BCUT2D eigenvalue weighted by Crippen LogP contribution is 2.41. The van der Waals surface area contributed by atoms with Crippen LogP contribution in [0.5, 0.6) is 0 Å². The molecule has 4 heterocycles. The number of amidine groups is 1. The number of piperidine rings is 1. The fourth-order valence-electron chi connectivity index (χ4n) is 4.83. The molecule has 0 radical (unpaired) electrons. The van der Waals surface area contributed by atoms with Crippen molar-refractivity contribution in [3.63, 3.8) is 0 Å². The molecule has 0 spiro atoms. The average Bonchev–Trinajstić information content (AvgIpc) is 3.69. The molecule has 1 saturated heterocycles. The number of esters is 2. The number of halogens is 3. The Morgan fingerprint density at radius 1 is 1.12 bits per heavy atom. The number of nitrogens with zero attached hydrogens (tertiary/aromatic N) is 4. The second-order valence-electron chi connectivity index (χ2n) is 9.14. The van der Waals surface area contributed by atoms with E-state index < -0.39 is 34.6 Å². The summed E-state index contributed by atoms with van der Waals surface area (Å²) >= 11 is 8.90. The van der Waals surface area contributed by atoms with Crippen molar-refractivity contribution in [1.29, 1.82) is 0 Å². The summed E-state index contributed by atoms with van der Waals surface area (Å²) in [4.78, 5) is 40.9. The largest absolute Gasteiger partial charge is 0.463 e. The maximum Gasteiger partial charge on any atom is 0.367 e. The maximum atomic E-state index is 14.6. The van der Waals surface area contributed by atoms with Gasteiger partial charge in [0.2, 0.25) is 5.01 Å². The Kier molecular flexibility index (Phi) is 8.95. The highest BCUT2D eigenvalue weighted by Gasteiger charge is 2.38. The molecule has 216 valence electrons. The molecule has 3 aromatic rings. The van der Waals surface area contributed by atoms with Crippen LogP contribution in [0.4, 0.5) is 13.8 Å². The lowest BCUT2D eigenvalue weighted by atomic mass is 9.85. The van der Waals surface area contributed by atoms with Gasteiger partial charge in [0, 0.05) is 41.8 Å². The molecular weight excluding hydrogens is 596 g/mol. The molecule has 9 nitrogen and oxygen atoms in total. The van der Waals surface area contributed by atoms with Crippen molar-refractivity contribution >= 4 is 57.0 Å². The summed E-state index contributed by atoms with van der Waals surface area (Å²) in [5.41, 5.74) is 0.932. The van der Waals surface area contributed by atoms with E-state index in [1.807, 2.05) is 0 Å². The van der Waals surface area contributed by atoms with Crippen molar-refractivity contribution in [2.24, 2.45) is 10.9 Å². The van der Waals surface area contributed by atoms with Crippen molar-refractivity contribution in [3.8, 4) is 0 Å². The number of aromatic nitrogens is 2. The lowest BCUT2D eigenvalue weighted by molar-refractivity contribution is -0.139. The van der Waals surface area contributed by atoms with Gasteiger partial charge in [-0.3, -0.25) is 4.99 Å². The lowest BCUT2D eigenvalue weighted by Crippen LogP contribution is -2.41. The molecule has 1 unspecified atom stereocenters. The molecule has 5 rings (SSSR count). The number of hydrogen-bond donors (Lipinski definition) is 1. The molecule has 2 aliphatic heterocycles. The summed E-state index contributed by atoms with van der Waals surface area (Å²) in [5.74, 6) is -3.10. The number of carbonyl (C=O) groups excluding carboxylic acids is 2. The molecule has 14 heteroatoms. The summed E-state index contributed by atoms with van der Waals surface area (Å²) in [7, 11) is 0. The Morgan fingerprint density at radius 2 is 1.85 bits per heavy atom. The van der Waals surface area contributed by atoms with E-state index in [2.05, 4.69) is 20.2 Å². The van der Waals surface area contributed by atoms with Crippen LogP contribution in [0.15, 0.2) is 46.2 Å². The van der Waals surface area contributed by atoms with E-state index in [0.29, 0.717) is 47.5 Å². The third kappa shape index (κ3) is 5.97. The first-order chi connectivity index (χ1) is 19.8. The Balaban J connectivity index is 1.50. The zero-order chi connectivity index (χ0) is 29.1. The van der Waals surface area contributed by atoms with E-state index >= 15 is 0 Å². The van der Waals surface area contributed by atoms with Crippen molar-refractivity contribution in [2.45, 2.75) is 32.7 Å². The number of allylic oxidation sites excluding steroid dienone is 1. The van der Waals surface area contributed by atoms with Gasteiger partial charge in [-0.25, -0.2) is 28.3 Å². The van der Waals surface area contributed by atoms with Crippen LogP contribution in [0.3, 0.4) is 0 Å². The van der Waals surface area contributed by atoms with Crippen LogP contribution in [0.25, 0.3) is 0 Å². The number of ether oxygens (including phenoxy) is 2. The van der Waals surface area contributed by atoms with E-state index in [-0.39, 0.29) is 30.3 Å². The van der Waals surface area contributed by atoms with Gasteiger partial charge in [0.25, 0.3) is 0 Å². The Hall–Kier alpha value is -3.42. The topological polar surface area (TPSA) is 106 Å². The second kappa shape index (κ2) is 12.6. The SMILES string of the molecule is CCOC(=O)C1=C(C2CCN(c3cnc(C(=O)OCC)s3)CC2)NC(c2nccs2)=NC1c1ccc(F)c(F)c1Cl. The van der Waals surface area contributed by atoms with Crippen LogP contribution >= 0.6 is 34.3 Å². The fourth-order valence-corrected chi connectivity index (χ4v) is 6.54. The second-order valence-corrected chi connectivity index (χ2v) is 11.4. The van der Waals surface area contributed by atoms with Crippen LogP contribution in [-0.2, 0) is 14.3 Å². The van der Waals surface area contributed by atoms with Gasteiger partial charge in [-0.15, -0.1) is 11.3 Å². The van der Waals surface area contributed by atoms with E-state index in [0.717, 1.165) is 11.1 Å². The number of thiazole rings is 2. The van der Waals surface area contributed by atoms with Gasteiger partial charge in [-0.2, -0.15) is 0 Å². The molecule has 1 N–H and O–H groups in total. The molecule has 0 saturated carbocycles. The molecule has 0 aliphatic carbocycles. The Morgan fingerprint density at radius 3 is 2.54 bits per heavy atom. The molecule has 2 aliphatic rings. The smallest absolute Gasteiger partial charge is 0.367 e. The number of aliphatic imine (C=N–C) groups is 1. The molecule has 0 amide bonds. The van der Waals surface area contributed by atoms with E-state index in [4.69, 9.17) is 26.1 Å². The number of rotatable bonds is 8. The van der Waals surface area contributed by atoms with Gasteiger partial charge >= 0.3 is 11.9 Å². The maximum absolute atomic E-state index is 14.6. The third-order valence-corrected chi connectivity index (χ3v) is 8.93. The Bertz CT molecular complexity index is 1500. The van der Waals surface area contributed by atoms with Gasteiger partial charge in [-0.05, 0) is 32.8 Å². The lowest BCUT2D eigenvalue weighted by Gasteiger charge is -2.37. The number of hydrogen-bond acceptors (Lipinski definition) is 11. The van der Waals surface area contributed by atoms with Gasteiger partial charge in [-0.1, -0.05) is 29.0 Å². The molecular formula is C27H26ClF2N5O4S2. The minimum absolute atomic E-state index is 0.115. The molecule has 2 aromatic heterocycles. The first-order valence-electron chi connectivity index (χ1n) is 13.0. The highest BCUT2D eigenvalue weighted by atomic mass is 35.5. The normalized spacial score (nSPS) is 17.7. The average molecular weight is 622 g/mol. The van der Waals surface area contributed by atoms with Crippen LogP contribution in [0, 0.1) is 17.6 Å². The zero-order valence-electron chi connectivity index (χ0n) is 22.2. The summed E-state index contributed by atoms with van der Waals surface area (Å²) < 4.78 is 39.0. The van der Waals surface area contributed by atoms with Crippen molar-refractivity contribution in [3.05, 3.63) is 73.4 Å². The summed E-state index contributed by atoms with van der Waals surface area (Å²) in [6, 6.07) is 1.26. The molecule has 41 heavy (non-hydrogen) atoms. The first kappa shape index (κ1) is 29.1. The third-order valence-electron chi connectivity index (χ3n) is 6.72. The van der Waals surface area contributed by atoms with E-state index in [1.165, 1.54) is 28.7 Å². The van der Waals surface area contributed by atoms with Crippen molar-refractivity contribution < 1.29 is 27.8 Å². The van der Waals surface area contributed by atoms with Crippen LogP contribution in [-0.4, -0.2) is 54.0 Å². The Labute approximate surface area is 247 Å². The van der Waals surface area contributed by atoms with E-state index in [9.17, 15) is 18.4 Å². The highest BCUT2D eigenvalue weighted by molar-refractivity contribution is 7.17. The number of nitrogens with one attached hydrogen (secondary N) is 1. The van der Waals surface area contributed by atoms with Crippen LogP contribution < -0.4 is 10.2 Å². The fraction of sp³-hybridized carbons (Fsp3) is 0.370. The predicted octanol–water partition coefficient (Wildman–Crippen LogP) is 5.53. The summed E-state index contributed by atoms with van der Waals surface area (Å²) in [6.07, 6.45) is 4.57. The minimum atomic E-state index is -1.21. The number of anilines is 1. The zero-order valence-corrected chi connectivity index (χ0v) is 24.5. The molecule has 0 bridgehead atoms. The van der Waals surface area contributed by atoms with Gasteiger partial charge in [0.05, 0.1) is 30.0 Å². The van der Waals surface area contributed by atoms with E-state index in [1.54, 1.807) is 31.6 Å². The monoisotopic (exact) mass is 621 g/mol.